The Labute approximate surface area is 187 Å². The van der Waals surface area contributed by atoms with Gasteiger partial charge in [0.1, 0.15) is 6.10 Å². The van der Waals surface area contributed by atoms with Gasteiger partial charge in [0, 0.05) is 23.7 Å². The zero-order valence-electron chi connectivity index (χ0n) is 17.5. The van der Waals surface area contributed by atoms with Crippen LogP contribution >= 0.6 is 0 Å². The summed E-state index contributed by atoms with van der Waals surface area (Å²) in [4.78, 5) is 18.4. The Balaban J connectivity index is 1.68. The number of nitrogens with zero attached hydrogens (tertiary/aromatic N) is 1. The average Bonchev–Trinajstić information content (AvgIpc) is 3.24. The third-order valence-corrected chi connectivity index (χ3v) is 5.58. The standard InChI is InChI=1S/C26H26N2O4/c27-23(17-20-12-6-2-7-13-20)24-18-22(16-19-10-4-1-5-11-19)28(32-24)26(31,25(29)30)21-14-8-3-9-15-21/h1-15,18,23-24,31H,16-17,27H2,(H,29,30)/t23-,24-,26-/m0/s1. The van der Waals surface area contributed by atoms with Crippen molar-refractivity contribution in [1.29, 1.82) is 0 Å². The van der Waals surface area contributed by atoms with Crippen LogP contribution in [0, 0.1) is 0 Å². The molecule has 0 radical (unpaired) electrons. The lowest BCUT2D eigenvalue weighted by Gasteiger charge is -2.36. The molecule has 0 unspecified atom stereocenters. The highest BCUT2D eigenvalue weighted by molar-refractivity contribution is 5.78. The van der Waals surface area contributed by atoms with Gasteiger partial charge in [0.05, 0.1) is 0 Å². The van der Waals surface area contributed by atoms with E-state index in [0.29, 0.717) is 18.5 Å². The number of hydrogen-bond acceptors (Lipinski definition) is 5. The summed E-state index contributed by atoms with van der Waals surface area (Å²) >= 11 is 0. The summed E-state index contributed by atoms with van der Waals surface area (Å²) in [5.74, 6) is -1.43. The Morgan fingerprint density at radius 1 is 0.938 bits per heavy atom. The van der Waals surface area contributed by atoms with Crippen LogP contribution in [0.3, 0.4) is 0 Å². The van der Waals surface area contributed by atoms with E-state index in [1.165, 1.54) is 0 Å². The molecule has 6 nitrogen and oxygen atoms in total. The monoisotopic (exact) mass is 430 g/mol. The maximum absolute atomic E-state index is 12.3. The van der Waals surface area contributed by atoms with E-state index >= 15 is 0 Å². The summed E-state index contributed by atoms with van der Waals surface area (Å²) in [6, 6.07) is 27.2. The van der Waals surface area contributed by atoms with E-state index in [0.717, 1.165) is 16.2 Å². The lowest BCUT2D eigenvalue weighted by molar-refractivity contribution is -0.279. The lowest BCUT2D eigenvalue weighted by Crippen LogP contribution is -2.52. The quantitative estimate of drug-likeness (QED) is 0.508. The zero-order valence-corrected chi connectivity index (χ0v) is 17.5. The predicted molar refractivity (Wildman–Crippen MR) is 121 cm³/mol. The van der Waals surface area contributed by atoms with Gasteiger partial charge in [-0.25, -0.2) is 9.86 Å². The van der Waals surface area contributed by atoms with Crippen molar-refractivity contribution >= 4 is 5.97 Å². The molecular weight excluding hydrogens is 404 g/mol. The number of nitrogens with two attached hydrogens (primary N) is 1. The smallest absolute Gasteiger partial charge is 0.364 e. The largest absolute Gasteiger partial charge is 0.477 e. The number of carboxylic acids is 1. The molecule has 1 aliphatic rings. The maximum Gasteiger partial charge on any atom is 0.364 e. The number of rotatable bonds is 8. The second kappa shape index (κ2) is 9.36. The van der Waals surface area contributed by atoms with Gasteiger partial charge in [-0.3, -0.25) is 4.84 Å². The first kappa shape index (κ1) is 21.8. The third kappa shape index (κ3) is 4.43. The first-order chi connectivity index (χ1) is 15.5. The number of allylic oxidation sites excluding steroid dienone is 1. The van der Waals surface area contributed by atoms with Crippen molar-refractivity contribution in [3.8, 4) is 0 Å². The Morgan fingerprint density at radius 3 is 2.03 bits per heavy atom. The summed E-state index contributed by atoms with van der Waals surface area (Å²) in [5.41, 5.74) is 6.82. The molecule has 1 aliphatic heterocycles. The number of hydrogen-bond donors (Lipinski definition) is 3. The number of hydroxylamine groups is 2. The first-order valence-corrected chi connectivity index (χ1v) is 10.5. The molecule has 0 saturated heterocycles. The van der Waals surface area contributed by atoms with E-state index in [-0.39, 0.29) is 5.56 Å². The highest BCUT2D eigenvalue weighted by atomic mass is 16.7. The predicted octanol–water partition coefficient (Wildman–Crippen LogP) is 3.23. The maximum atomic E-state index is 12.3. The van der Waals surface area contributed by atoms with Crippen molar-refractivity contribution in [1.82, 2.24) is 5.06 Å². The van der Waals surface area contributed by atoms with Crippen LogP contribution in [0.15, 0.2) is 103 Å². The zero-order chi connectivity index (χ0) is 22.6. The van der Waals surface area contributed by atoms with Crippen molar-refractivity contribution in [2.45, 2.75) is 30.7 Å². The minimum atomic E-state index is -2.40. The molecule has 4 rings (SSSR count). The molecule has 0 aromatic heterocycles. The van der Waals surface area contributed by atoms with Crippen LogP contribution in [0.1, 0.15) is 16.7 Å². The lowest BCUT2D eigenvalue weighted by atomic mass is 9.99. The Bertz CT molecular complexity index is 1070. The van der Waals surface area contributed by atoms with E-state index in [1.54, 1.807) is 30.3 Å². The molecule has 1 heterocycles. The molecule has 0 fully saturated rings. The number of aliphatic carboxylic acids is 1. The topological polar surface area (TPSA) is 96.0 Å². The van der Waals surface area contributed by atoms with Crippen molar-refractivity contribution in [2.75, 3.05) is 0 Å². The Hall–Kier alpha value is -3.45. The summed E-state index contributed by atoms with van der Waals surface area (Å²) in [5, 5.41) is 22.6. The molecule has 32 heavy (non-hydrogen) atoms. The number of benzene rings is 3. The Morgan fingerprint density at radius 2 is 1.47 bits per heavy atom. The van der Waals surface area contributed by atoms with Gasteiger partial charge in [0.15, 0.2) is 0 Å². The first-order valence-electron chi connectivity index (χ1n) is 10.5. The SMILES string of the molecule is N[C@@H](Cc1ccccc1)[C@@H]1C=C(Cc2ccccc2)N([C@@](O)(C(=O)O)c2ccccc2)O1. The van der Waals surface area contributed by atoms with E-state index in [2.05, 4.69) is 0 Å². The van der Waals surface area contributed by atoms with Gasteiger partial charge < -0.3 is 15.9 Å². The number of carbonyl (C=O) groups is 1. The molecule has 3 aromatic carbocycles. The van der Waals surface area contributed by atoms with Crippen LogP contribution in [-0.2, 0) is 28.2 Å². The molecule has 3 atom stereocenters. The average molecular weight is 431 g/mol. The summed E-state index contributed by atoms with van der Waals surface area (Å²) < 4.78 is 0. The highest BCUT2D eigenvalue weighted by Gasteiger charge is 2.50. The summed E-state index contributed by atoms with van der Waals surface area (Å²) in [7, 11) is 0. The fourth-order valence-electron chi connectivity index (χ4n) is 3.90. The molecule has 0 amide bonds. The minimum absolute atomic E-state index is 0.198. The van der Waals surface area contributed by atoms with Crippen LogP contribution in [0.25, 0.3) is 0 Å². The van der Waals surface area contributed by atoms with Gasteiger partial charge in [0.2, 0.25) is 0 Å². The van der Waals surface area contributed by atoms with Gasteiger partial charge in [-0.15, -0.1) is 0 Å². The van der Waals surface area contributed by atoms with Crippen LogP contribution in [0.4, 0.5) is 0 Å². The van der Waals surface area contributed by atoms with E-state index in [1.807, 2.05) is 66.7 Å². The molecule has 0 saturated carbocycles. The van der Waals surface area contributed by atoms with Crippen molar-refractivity contribution in [2.24, 2.45) is 5.73 Å². The van der Waals surface area contributed by atoms with Gasteiger partial charge >= 0.3 is 5.97 Å². The second-order valence-corrected chi connectivity index (χ2v) is 7.88. The van der Waals surface area contributed by atoms with Crippen molar-refractivity contribution < 1.29 is 19.8 Å². The van der Waals surface area contributed by atoms with Gasteiger partial charge in [-0.1, -0.05) is 91.0 Å². The van der Waals surface area contributed by atoms with E-state index in [4.69, 9.17) is 10.6 Å². The van der Waals surface area contributed by atoms with Crippen molar-refractivity contribution in [3.05, 3.63) is 119 Å². The van der Waals surface area contributed by atoms with Crippen LogP contribution < -0.4 is 5.73 Å². The third-order valence-electron chi connectivity index (χ3n) is 5.58. The highest BCUT2D eigenvalue weighted by Crippen LogP contribution is 2.36. The minimum Gasteiger partial charge on any atom is -0.477 e. The van der Waals surface area contributed by atoms with Crippen LogP contribution in [0.5, 0.6) is 0 Å². The number of aliphatic hydroxyl groups is 1. The van der Waals surface area contributed by atoms with Gasteiger partial charge in [-0.2, -0.15) is 0 Å². The fourth-order valence-corrected chi connectivity index (χ4v) is 3.90. The molecule has 0 bridgehead atoms. The van der Waals surface area contributed by atoms with E-state index < -0.39 is 23.8 Å². The molecule has 4 N–H and O–H groups in total. The summed E-state index contributed by atoms with van der Waals surface area (Å²) in [6.07, 6.45) is 2.16. The molecule has 0 spiro atoms. The number of carboxylic acid groups (broad SMARTS) is 1. The molecule has 0 aliphatic carbocycles. The van der Waals surface area contributed by atoms with Crippen LogP contribution in [0.2, 0.25) is 0 Å². The Kier molecular flexibility index (Phi) is 6.37. The second-order valence-electron chi connectivity index (χ2n) is 7.88. The molecule has 164 valence electrons. The van der Waals surface area contributed by atoms with Gasteiger partial charge in [-0.05, 0) is 23.6 Å². The summed E-state index contributed by atoms with van der Waals surface area (Å²) in [6.45, 7) is 0. The molecule has 6 heteroatoms. The normalized spacial score (nSPS) is 18.6. The fraction of sp³-hybridized carbons (Fsp3) is 0.192. The van der Waals surface area contributed by atoms with Crippen LogP contribution in [-0.4, -0.2) is 33.4 Å². The molecule has 3 aromatic rings. The van der Waals surface area contributed by atoms with E-state index in [9.17, 15) is 15.0 Å². The molecular formula is C26H26N2O4. The van der Waals surface area contributed by atoms with Gasteiger partial charge in [0.25, 0.3) is 5.72 Å². The van der Waals surface area contributed by atoms with Crippen molar-refractivity contribution in [3.63, 3.8) is 0 Å².